The number of carbonyl (C=O) groups excluding carboxylic acids is 1. The fraction of sp³-hybridized carbons (Fsp3) is 0.250. The van der Waals surface area contributed by atoms with E-state index >= 15 is 0 Å². The van der Waals surface area contributed by atoms with Gasteiger partial charge in [0.1, 0.15) is 10.8 Å². The number of hydrogen-bond acceptors (Lipinski definition) is 5. The molecule has 0 aliphatic carbocycles. The van der Waals surface area contributed by atoms with Crippen LogP contribution >= 0.6 is 11.3 Å². The third kappa shape index (κ3) is 3.27. The van der Waals surface area contributed by atoms with Crippen LogP contribution in [0.5, 0.6) is 5.75 Å². The second kappa shape index (κ2) is 5.59. The maximum Gasteiger partial charge on any atom is 0.226 e. The Balaban J connectivity index is 1.87. The molecule has 1 aromatic heterocycles. The summed E-state index contributed by atoms with van der Waals surface area (Å²) in [5.74, 6) is 0.0893. The van der Waals surface area contributed by atoms with Crippen LogP contribution in [0.4, 0.5) is 5.13 Å². The summed E-state index contributed by atoms with van der Waals surface area (Å²) < 4.78 is 0. The predicted octanol–water partition coefficient (Wildman–Crippen LogP) is 2.12. The van der Waals surface area contributed by atoms with Crippen LogP contribution in [0.15, 0.2) is 24.3 Å². The average molecular weight is 263 g/mol. The van der Waals surface area contributed by atoms with Crippen molar-refractivity contribution in [3.05, 3.63) is 34.8 Å². The summed E-state index contributed by atoms with van der Waals surface area (Å²) in [5.41, 5.74) is 0.765. The summed E-state index contributed by atoms with van der Waals surface area (Å²) in [7, 11) is 0. The molecule has 2 N–H and O–H groups in total. The van der Waals surface area contributed by atoms with Gasteiger partial charge in [0.25, 0.3) is 0 Å². The number of benzene rings is 1. The van der Waals surface area contributed by atoms with Gasteiger partial charge in [-0.1, -0.05) is 29.5 Å². The van der Waals surface area contributed by atoms with Gasteiger partial charge in [0.2, 0.25) is 11.0 Å². The lowest BCUT2D eigenvalue weighted by atomic mass is 10.1. The molecule has 6 heteroatoms. The van der Waals surface area contributed by atoms with Crippen molar-refractivity contribution in [2.75, 3.05) is 5.32 Å². The van der Waals surface area contributed by atoms with Gasteiger partial charge in [-0.25, -0.2) is 0 Å². The number of amides is 1. The molecule has 2 rings (SSSR count). The molecule has 0 bridgehead atoms. The molecule has 2 aromatic rings. The number of aromatic hydroxyl groups is 1. The minimum Gasteiger partial charge on any atom is -0.508 e. The van der Waals surface area contributed by atoms with Crippen LogP contribution in [0.1, 0.15) is 17.0 Å². The summed E-state index contributed by atoms with van der Waals surface area (Å²) in [6, 6.07) is 7.00. The number of anilines is 1. The molecule has 18 heavy (non-hydrogen) atoms. The van der Waals surface area contributed by atoms with Crippen molar-refractivity contribution < 1.29 is 9.90 Å². The topological polar surface area (TPSA) is 75.1 Å². The van der Waals surface area contributed by atoms with Gasteiger partial charge >= 0.3 is 0 Å². The Labute approximate surface area is 109 Å². The zero-order chi connectivity index (χ0) is 13.0. The van der Waals surface area contributed by atoms with E-state index in [1.807, 2.05) is 13.0 Å². The molecule has 0 aliphatic heterocycles. The van der Waals surface area contributed by atoms with Gasteiger partial charge in [-0.2, -0.15) is 0 Å². The van der Waals surface area contributed by atoms with Crippen molar-refractivity contribution >= 4 is 22.4 Å². The van der Waals surface area contributed by atoms with Crippen molar-refractivity contribution in [1.82, 2.24) is 10.2 Å². The number of phenols is 1. The van der Waals surface area contributed by atoms with Gasteiger partial charge in [-0.3, -0.25) is 4.79 Å². The molecule has 1 amide bonds. The van der Waals surface area contributed by atoms with E-state index in [9.17, 15) is 9.90 Å². The smallest absolute Gasteiger partial charge is 0.226 e. The van der Waals surface area contributed by atoms with Crippen molar-refractivity contribution in [3.8, 4) is 5.75 Å². The van der Waals surface area contributed by atoms with E-state index in [1.54, 1.807) is 18.2 Å². The van der Waals surface area contributed by atoms with Crippen LogP contribution in [-0.2, 0) is 11.2 Å². The molecule has 0 spiro atoms. The number of nitrogens with zero attached hydrogens (tertiary/aromatic N) is 2. The number of para-hydroxylation sites is 1. The molecule has 1 heterocycles. The molecule has 0 unspecified atom stereocenters. The highest BCUT2D eigenvalue weighted by atomic mass is 32.1. The number of carbonyl (C=O) groups is 1. The Hall–Kier alpha value is -1.95. The zero-order valence-corrected chi connectivity index (χ0v) is 10.7. The van der Waals surface area contributed by atoms with Gasteiger partial charge in [0, 0.05) is 6.42 Å². The van der Waals surface area contributed by atoms with Crippen molar-refractivity contribution in [2.45, 2.75) is 19.8 Å². The highest BCUT2D eigenvalue weighted by Gasteiger charge is 2.08. The largest absolute Gasteiger partial charge is 0.508 e. The van der Waals surface area contributed by atoms with E-state index in [0.717, 1.165) is 10.6 Å². The average Bonchev–Trinajstić information content (AvgIpc) is 2.74. The maximum absolute atomic E-state index is 11.7. The van der Waals surface area contributed by atoms with Gasteiger partial charge < -0.3 is 10.4 Å². The Morgan fingerprint density at radius 2 is 2.17 bits per heavy atom. The van der Waals surface area contributed by atoms with Crippen molar-refractivity contribution in [2.24, 2.45) is 0 Å². The third-order valence-electron chi connectivity index (χ3n) is 2.39. The lowest BCUT2D eigenvalue weighted by Crippen LogP contribution is -2.12. The lowest BCUT2D eigenvalue weighted by Gasteiger charge is -2.03. The number of hydrogen-bond donors (Lipinski definition) is 2. The predicted molar refractivity (Wildman–Crippen MR) is 69.7 cm³/mol. The summed E-state index contributed by atoms with van der Waals surface area (Å²) in [4.78, 5) is 11.7. The Morgan fingerprint density at radius 3 is 2.83 bits per heavy atom. The fourth-order valence-corrected chi connectivity index (χ4v) is 2.11. The minimum absolute atomic E-state index is 0.130. The Kier molecular flexibility index (Phi) is 3.88. The fourth-order valence-electron chi connectivity index (χ4n) is 1.50. The highest BCUT2D eigenvalue weighted by molar-refractivity contribution is 7.15. The standard InChI is InChI=1S/C12H13N3O2S/c1-8-14-15-12(18-8)13-11(17)7-6-9-4-2-3-5-10(9)16/h2-5,16H,6-7H2,1H3,(H,13,15,17). The highest BCUT2D eigenvalue weighted by Crippen LogP contribution is 2.18. The normalized spacial score (nSPS) is 10.3. The van der Waals surface area contributed by atoms with E-state index in [2.05, 4.69) is 15.5 Å². The van der Waals surface area contributed by atoms with Crippen molar-refractivity contribution in [3.63, 3.8) is 0 Å². The van der Waals surface area contributed by atoms with E-state index in [0.29, 0.717) is 18.0 Å². The molecule has 0 radical (unpaired) electrons. The maximum atomic E-state index is 11.7. The van der Waals surface area contributed by atoms with Gasteiger partial charge in [0.15, 0.2) is 0 Å². The Bertz CT molecular complexity index is 554. The van der Waals surface area contributed by atoms with Crippen LogP contribution in [0.3, 0.4) is 0 Å². The first-order chi connectivity index (χ1) is 8.65. The number of aromatic nitrogens is 2. The molecule has 0 saturated carbocycles. The first kappa shape index (κ1) is 12.5. The molecule has 0 atom stereocenters. The van der Waals surface area contributed by atoms with Crippen molar-refractivity contribution in [1.29, 1.82) is 0 Å². The van der Waals surface area contributed by atoms with Crippen LogP contribution in [0.2, 0.25) is 0 Å². The molecule has 1 aromatic carbocycles. The molecular weight excluding hydrogens is 250 g/mol. The second-order valence-electron chi connectivity index (χ2n) is 3.80. The number of rotatable bonds is 4. The molecule has 0 fully saturated rings. The first-order valence-electron chi connectivity index (χ1n) is 5.52. The third-order valence-corrected chi connectivity index (χ3v) is 3.14. The number of aryl methyl sites for hydroxylation is 2. The van der Waals surface area contributed by atoms with Crippen LogP contribution < -0.4 is 5.32 Å². The van der Waals surface area contributed by atoms with E-state index in [4.69, 9.17) is 0 Å². The van der Waals surface area contributed by atoms with E-state index in [-0.39, 0.29) is 11.7 Å². The summed E-state index contributed by atoms with van der Waals surface area (Å²) in [6.07, 6.45) is 0.798. The minimum atomic E-state index is -0.130. The second-order valence-corrected chi connectivity index (χ2v) is 4.98. The van der Waals surface area contributed by atoms with Gasteiger partial charge in [0.05, 0.1) is 0 Å². The van der Waals surface area contributed by atoms with Crippen LogP contribution in [0, 0.1) is 6.92 Å². The SMILES string of the molecule is Cc1nnc(NC(=O)CCc2ccccc2O)s1. The lowest BCUT2D eigenvalue weighted by molar-refractivity contribution is -0.116. The monoisotopic (exact) mass is 263 g/mol. The molecular formula is C12H13N3O2S. The van der Waals surface area contributed by atoms with E-state index < -0.39 is 0 Å². The van der Waals surface area contributed by atoms with Gasteiger partial charge in [-0.15, -0.1) is 10.2 Å². The Morgan fingerprint density at radius 1 is 1.39 bits per heavy atom. The van der Waals surface area contributed by atoms with Gasteiger partial charge in [-0.05, 0) is 25.0 Å². The molecule has 5 nitrogen and oxygen atoms in total. The van der Waals surface area contributed by atoms with E-state index in [1.165, 1.54) is 11.3 Å². The van der Waals surface area contributed by atoms with Crippen LogP contribution in [-0.4, -0.2) is 21.2 Å². The molecule has 94 valence electrons. The molecule has 0 saturated heterocycles. The quantitative estimate of drug-likeness (QED) is 0.886. The number of phenolic OH excluding ortho intramolecular Hbond substituents is 1. The molecule has 0 aliphatic rings. The first-order valence-corrected chi connectivity index (χ1v) is 6.33. The summed E-state index contributed by atoms with van der Waals surface area (Å²) in [6.45, 7) is 1.83. The zero-order valence-electron chi connectivity index (χ0n) is 9.88. The summed E-state index contributed by atoms with van der Waals surface area (Å²) >= 11 is 1.34. The number of nitrogens with one attached hydrogen (secondary N) is 1. The van der Waals surface area contributed by atoms with Crippen LogP contribution in [0.25, 0.3) is 0 Å². The summed E-state index contributed by atoms with van der Waals surface area (Å²) in [5, 5.41) is 21.2.